The van der Waals surface area contributed by atoms with E-state index in [4.69, 9.17) is 9.47 Å². The maximum absolute atomic E-state index is 12.3. The van der Waals surface area contributed by atoms with E-state index in [0.717, 1.165) is 30.9 Å². The molecule has 0 unspecified atom stereocenters. The summed E-state index contributed by atoms with van der Waals surface area (Å²) >= 11 is 0. The molecule has 2 rings (SSSR count). The molecular formula is C23H39N3O4. The summed E-state index contributed by atoms with van der Waals surface area (Å²) in [6.07, 6.45) is 3.60. The van der Waals surface area contributed by atoms with Crippen molar-refractivity contribution in [1.82, 2.24) is 15.5 Å². The van der Waals surface area contributed by atoms with Crippen molar-refractivity contribution in [1.29, 1.82) is 0 Å². The van der Waals surface area contributed by atoms with Crippen LogP contribution in [-0.2, 0) is 11.2 Å². The number of aliphatic hydroxyl groups excluding tert-OH is 1. The van der Waals surface area contributed by atoms with Gasteiger partial charge in [0.15, 0.2) is 0 Å². The molecule has 3 atom stereocenters. The maximum atomic E-state index is 12.3. The Balaban J connectivity index is 1.79. The van der Waals surface area contributed by atoms with Crippen LogP contribution in [0.2, 0.25) is 0 Å². The number of methoxy groups -OCH3 is 1. The summed E-state index contributed by atoms with van der Waals surface area (Å²) in [6.45, 7) is 8.28. The van der Waals surface area contributed by atoms with Gasteiger partial charge in [-0.15, -0.1) is 0 Å². The van der Waals surface area contributed by atoms with Crippen LogP contribution in [-0.4, -0.2) is 74.2 Å². The molecule has 1 aromatic rings. The first-order chi connectivity index (χ1) is 14.6. The number of hydrogen-bond donors (Lipinski definition) is 3. The number of ether oxygens (including phenoxy) is 2. The van der Waals surface area contributed by atoms with Crippen LogP contribution in [0.3, 0.4) is 0 Å². The van der Waals surface area contributed by atoms with Gasteiger partial charge in [0.25, 0.3) is 0 Å². The van der Waals surface area contributed by atoms with E-state index < -0.39 is 18.3 Å². The van der Waals surface area contributed by atoms with Crippen molar-refractivity contribution >= 4 is 6.09 Å². The summed E-state index contributed by atoms with van der Waals surface area (Å²) in [4.78, 5) is 14.7. The molecule has 1 saturated heterocycles. The van der Waals surface area contributed by atoms with Crippen LogP contribution in [0.5, 0.6) is 5.75 Å². The zero-order valence-electron chi connectivity index (χ0n) is 18.7. The standard InChI is InChI=1S/C23H39N3O4/c1-4-6-13-26(14-7-5-2)15-12-24-23(28)30-22-20(25-17-21(22)27)16-18-8-10-19(29-3)11-9-18/h8-11,20-22,25,27H,4-7,12-17H2,1-3H3,(H,24,28)/t20-,21+,22+/m1/s1. The highest BCUT2D eigenvalue weighted by atomic mass is 16.6. The summed E-state index contributed by atoms with van der Waals surface area (Å²) in [5.74, 6) is 0.803. The largest absolute Gasteiger partial charge is 0.497 e. The van der Waals surface area contributed by atoms with E-state index in [-0.39, 0.29) is 6.04 Å². The molecule has 30 heavy (non-hydrogen) atoms. The summed E-state index contributed by atoms with van der Waals surface area (Å²) in [5, 5.41) is 16.4. The van der Waals surface area contributed by atoms with E-state index >= 15 is 0 Å². The molecule has 1 aliphatic rings. The molecule has 3 N–H and O–H groups in total. The van der Waals surface area contributed by atoms with Crippen molar-refractivity contribution in [2.75, 3.05) is 39.8 Å². The van der Waals surface area contributed by atoms with Gasteiger partial charge < -0.3 is 30.1 Å². The number of nitrogens with one attached hydrogen (secondary N) is 2. The Kier molecular flexibility index (Phi) is 11.0. The second-order valence-electron chi connectivity index (χ2n) is 7.98. The van der Waals surface area contributed by atoms with Crippen molar-refractivity contribution in [3.63, 3.8) is 0 Å². The Morgan fingerprint density at radius 1 is 1.17 bits per heavy atom. The molecule has 1 aromatic carbocycles. The summed E-state index contributed by atoms with van der Waals surface area (Å²) in [5.41, 5.74) is 1.10. The molecule has 7 nitrogen and oxygen atoms in total. The molecule has 0 radical (unpaired) electrons. The molecule has 0 aliphatic carbocycles. The number of alkyl carbamates (subject to hydrolysis) is 1. The van der Waals surface area contributed by atoms with Gasteiger partial charge in [0.05, 0.1) is 13.2 Å². The molecule has 0 bridgehead atoms. The average Bonchev–Trinajstić information content (AvgIpc) is 3.09. The van der Waals surface area contributed by atoms with Gasteiger partial charge in [0.1, 0.15) is 18.0 Å². The lowest BCUT2D eigenvalue weighted by atomic mass is 10.0. The lowest BCUT2D eigenvalue weighted by Gasteiger charge is -2.24. The van der Waals surface area contributed by atoms with Crippen LogP contribution in [0.1, 0.15) is 45.1 Å². The lowest BCUT2D eigenvalue weighted by molar-refractivity contribution is 0.0187. The average molecular weight is 422 g/mol. The Labute approximate surface area is 181 Å². The van der Waals surface area contributed by atoms with Gasteiger partial charge in [-0.1, -0.05) is 38.8 Å². The Morgan fingerprint density at radius 2 is 1.83 bits per heavy atom. The van der Waals surface area contributed by atoms with E-state index in [0.29, 0.717) is 19.5 Å². The van der Waals surface area contributed by atoms with Gasteiger partial charge in [-0.25, -0.2) is 4.79 Å². The van der Waals surface area contributed by atoms with Gasteiger partial charge in [0, 0.05) is 19.6 Å². The first-order valence-corrected chi connectivity index (χ1v) is 11.3. The number of carbonyl (C=O) groups is 1. The minimum Gasteiger partial charge on any atom is -0.497 e. The van der Waals surface area contributed by atoms with Crippen LogP contribution in [0.4, 0.5) is 4.79 Å². The first-order valence-electron chi connectivity index (χ1n) is 11.3. The second kappa shape index (κ2) is 13.5. The molecule has 1 heterocycles. The first kappa shape index (κ1) is 24.4. The molecule has 1 aliphatic heterocycles. The zero-order chi connectivity index (χ0) is 21.8. The highest BCUT2D eigenvalue weighted by molar-refractivity contribution is 5.67. The fraction of sp³-hybridized carbons (Fsp3) is 0.696. The number of nitrogens with zero attached hydrogens (tertiary/aromatic N) is 1. The van der Waals surface area contributed by atoms with Crippen LogP contribution in [0, 0.1) is 0 Å². The highest BCUT2D eigenvalue weighted by Crippen LogP contribution is 2.19. The monoisotopic (exact) mass is 421 g/mol. The summed E-state index contributed by atoms with van der Waals surface area (Å²) in [7, 11) is 1.64. The van der Waals surface area contributed by atoms with Gasteiger partial charge in [0.2, 0.25) is 0 Å². The summed E-state index contributed by atoms with van der Waals surface area (Å²) in [6, 6.07) is 7.68. The number of β-amino-alcohol motifs (C(OH)–C–C–N with tert-alkyl or cyclic N) is 1. The normalized spacial score (nSPS) is 21.0. The van der Waals surface area contributed by atoms with Crippen LogP contribution in [0.15, 0.2) is 24.3 Å². The molecule has 0 aromatic heterocycles. The molecule has 0 spiro atoms. The topological polar surface area (TPSA) is 83.1 Å². The predicted octanol–water partition coefficient (Wildman–Crippen LogP) is 2.57. The molecule has 170 valence electrons. The third kappa shape index (κ3) is 8.13. The third-order valence-corrected chi connectivity index (χ3v) is 5.58. The Morgan fingerprint density at radius 3 is 2.43 bits per heavy atom. The fourth-order valence-corrected chi connectivity index (χ4v) is 3.72. The minimum absolute atomic E-state index is 0.121. The number of hydrogen-bond acceptors (Lipinski definition) is 6. The van der Waals surface area contributed by atoms with Crippen molar-refractivity contribution in [2.24, 2.45) is 0 Å². The number of aliphatic hydroxyl groups is 1. The second-order valence-corrected chi connectivity index (χ2v) is 7.98. The van der Waals surface area contributed by atoms with Gasteiger partial charge in [-0.3, -0.25) is 0 Å². The van der Waals surface area contributed by atoms with E-state index in [1.54, 1.807) is 7.11 Å². The number of benzene rings is 1. The maximum Gasteiger partial charge on any atom is 0.407 e. The highest BCUT2D eigenvalue weighted by Gasteiger charge is 2.37. The number of carbonyl (C=O) groups excluding carboxylic acids is 1. The lowest BCUT2D eigenvalue weighted by Crippen LogP contribution is -2.43. The smallest absolute Gasteiger partial charge is 0.407 e. The van der Waals surface area contributed by atoms with Gasteiger partial charge >= 0.3 is 6.09 Å². The van der Waals surface area contributed by atoms with Crippen LogP contribution >= 0.6 is 0 Å². The van der Waals surface area contributed by atoms with E-state index in [1.165, 1.54) is 25.7 Å². The minimum atomic E-state index is -0.704. The quantitative estimate of drug-likeness (QED) is 0.454. The fourth-order valence-electron chi connectivity index (χ4n) is 3.72. The predicted molar refractivity (Wildman–Crippen MR) is 119 cm³/mol. The number of amides is 1. The van der Waals surface area contributed by atoms with Crippen molar-refractivity contribution < 1.29 is 19.4 Å². The molecule has 1 fully saturated rings. The molecule has 0 saturated carbocycles. The van der Waals surface area contributed by atoms with Gasteiger partial charge in [-0.05, 0) is 50.0 Å². The molecule has 7 heteroatoms. The van der Waals surface area contributed by atoms with Crippen LogP contribution < -0.4 is 15.4 Å². The third-order valence-electron chi connectivity index (χ3n) is 5.58. The Hall–Kier alpha value is -1.83. The Bertz CT molecular complexity index is 603. The van der Waals surface area contributed by atoms with E-state index in [2.05, 4.69) is 29.4 Å². The summed E-state index contributed by atoms with van der Waals surface area (Å²) < 4.78 is 10.8. The van der Waals surface area contributed by atoms with Crippen molar-refractivity contribution in [3.8, 4) is 5.75 Å². The van der Waals surface area contributed by atoms with Crippen LogP contribution in [0.25, 0.3) is 0 Å². The van der Waals surface area contributed by atoms with Crippen molar-refractivity contribution in [3.05, 3.63) is 29.8 Å². The van der Waals surface area contributed by atoms with E-state index in [1.807, 2.05) is 24.3 Å². The van der Waals surface area contributed by atoms with Crippen molar-refractivity contribution in [2.45, 2.75) is 64.2 Å². The molecular weight excluding hydrogens is 382 g/mol. The van der Waals surface area contributed by atoms with E-state index in [9.17, 15) is 9.90 Å². The number of unbranched alkanes of at least 4 members (excludes halogenated alkanes) is 2. The molecule has 1 amide bonds. The SMILES string of the molecule is CCCCN(CCCC)CCNC(=O)O[C@@H]1[C@@H](O)CN[C@@H]1Cc1ccc(OC)cc1. The van der Waals surface area contributed by atoms with Gasteiger partial charge in [-0.2, -0.15) is 0 Å². The zero-order valence-corrected chi connectivity index (χ0v) is 18.7. The number of rotatable bonds is 13.